The Balaban J connectivity index is 1.97. The molecule has 2 nitrogen and oxygen atoms in total. The van der Waals surface area contributed by atoms with Crippen LogP contribution in [0.4, 0.5) is 0 Å². The van der Waals surface area contributed by atoms with E-state index in [1.54, 1.807) is 0 Å². The van der Waals surface area contributed by atoms with E-state index in [9.17, 15) is 0 Å². The van der Waals surface area contributed by atoms with Gasteiger partial charge in [0, 0.05) is 31.5 Å². The van der Waals surface area contributed by atoms with Crippen molar-refractivity contribution in [2.24, 2.45) is 7.05 Å². The molecule has 1 saturated carbocycles. The first kappa shape index (κ1) is 7.87. The molecule has 66 valence electrons. The third-order valence-electron chi connectivity index (χ3n) is 2.63. The summed E-state index contributed by atoms with van der Waals surface area (Å²) in [6.45, 7) is 1.09. The summed E-state index contributed by atoms with van der Waals surface area (Å²) in [7, 11) is 4.32. The van der Waals surface area contributed by atoms with Crippen LogP contribution in [0.15, 0.2) is 18.3 Å². The Morgan fingerprint density at radius 1 is 1.58 bits per heavy atom. The maximum absolute atomic E-state index is 2.44. The third kappa shape index (κ3) is 1.53. The molecule has 1 heterocycles. The van der Waals surface area contributed by atoms with Crippen LogP contribution in [0.3, 0.4) is 0 Å². The lowest BCUT2D eigenvalue weighted by Gasteiger charge is -2.15. The van der Waals surface area contributed by atoms with Gasteiger partial charge in [0.25, 0.3) is 0 Å². The van der Waals surface area contributed by atoms with Gasteiger partial charge in [-0.2, -0.15) is 0 Å². The largest absolute Gasteiger partial charge is 0.353 e. The molecule has 0 bridgehead atoms. The van der Waals surface area contributed by atoms with Gasteiger partial charge < -0.3 is 4.57 Å². The molecule has 1 aliphatic rings. The molecule has 1 aliphatic carbocycles. The summed E-state index contributed by atoms with van der Waals surface area (Å²) in [6, 6.07) is 5.16. The van der Waals surface area contributed by atoms with Crippen molar-refractivity contribution >= 4 is 0 Å². The lowest BCUT2D eigenvalue weighted by Crippen LogP contribution is -2.21. The normalized spacial score (nSPS) is 17.2. The molecule has 1 aromatic heterocycles. The highest BCUT2D eigenvalue weighted by atomic mass is 15.2. The molecule has 1 aromatic rings. The van der Waals surface area contributed by atoms with Gasteiger partial charge in [0.15, 0.2) is 0 Å². The zero-order chi connectivity index (χ0) is 8.55. The second-order valence-corrected chi connectivity index (χ2v) is 3.76. The molecule has 0 atom stereocenters. The highest BCUT2D eigenvalue weighted by molar-refractivity contribution is 5.06. The Labute approximate surface area is 73.8 Å². The van der Waals surface area contributed by atoms with Gasteiger partial charge in [0.2, 0.25) is 0 Å². The van der Waals surface area contributed by atoms with Crippen LogP contribution < -0.4 is 0 Å². The van der Waals surface area contributed by atoms with Crippen molar-refractivity contribution in [1.82, 2.24) is 9.47 Å². The van der Waals surface area contributed by atoms with Gasteiger partial charge >= 0.3 is 0 Å². The number of aryl methyl sites for hydroxylation is 1. The summed E-state index contributed by atoms with van der Waals surface area (Å²) >= 11 is 0. The van der Waals surface area contributed by atoms with Gasteiger partial charge in [0.1, 0.15) is 0 Å². The van der Waals surface area contributed by atoms with Crippen molar-refractivity contribution in [2.45, 2.75) is 25.4 Å². The fraction of sp³-hybridized carbons (Fsp3) is 0.600. The summed E-state index contributed by atoms with van der Waals surface area (Å²) in [4.78, 5) is 2.44. The van der Waals surface area contributed by atoms with Gasteiger partial charge in [-0.05, 0) is 32.0 Å². The number of nitrogens with zero attached hydrogens (tertiary/aromatic N) is 2. The van der Waals surface area contributed by atoms with Crippen molar-refractivity contribution in [3.8, 4) is 0 Å². The van der Waals surface area contributed by atoms with E-state index in [1.807, 2.05) is 0 Å². The van der Waals surface area contributed by atoms with Crippen LogP contribution >= 0.6 is 0 Å². The average Bonchev–Trinajstić information content (AvgIpc) is 2.80. The number of aromatic nitrogens is 1. The Morgan fingerprint density at radius 2 is 2.33 bits per heavy atom. The summed E-state index contributed by atoms with van der Waals surface area (Å²) < 4.78 is 2.19. The predicted octanol–water partition coefficient (Wildman–Crippen LogP) is 1.62. The monoisotopic (exact) mass is 164 g/mol. The van der Waals surface area contributed by atoms with Crippen molar-refractivity contribution in [3.63, 3.8) is 0 Å². The molecule has 2 heteroatoms. The Bertz CT molecular complexity index is 261. The first-order valence-corrected chi connectivity index (χ1v) is 4.58. The van der Waals surface area contributed by atoms with E-state index in [0.29, 0.717) is 0 Å². The minimum atomic E-state index is 0.861. The van der Waals surface area contributed by atoms with E-state index in [2.05, 4.69) is 41.9 Å². The molecular formula is C10H16N2. The standard InChI is InChI=1S/C10H16N2/c1-11-7-3-4-10(11)8-12(2)9-5-6-9/h3-4,7,9H,5-6,8H2,1-2H3. The van der Waals surface area contributed by atoms with E-state index >= 15 is 0 Å². The van der Waals surface area contributed by atoms with Crippen LogP contribution in [0.25, 0.3) is 0 Å². The van der Waals surface area contributed by atoms with Crippen LogP contribution in [0.1, 0.15) is 18.5 Å². The molecule has 0 aromatic carbocycles. The van der Waals surface area contributed by atoms with Crippen LogP contribution in [-0.2, 0) is 13.6 Å². The molecule has 0 spiro atoms. The zero-order valence-electron chi connectivity index (χ0n) is 7.83. The van der Waals surface area contributed by atoms with Gasteiger partial charge in [-0.25, -0.2) is 0 Å². The summed E-state index contributed by atoms with van der Waals surface area (Å²) in [5.74, 6) is 0. The van der Waals surface area contributed by atoms with E-state index < -0.39 is 0 Å². The second kappa shape index (κ2) is 2.94. The molecule has 0 aliphatic heterocycles. The molecular weight excluding hydrogens is 148 g/mol. The molecule has 12 heavy (non-hydrogen) atoms. The van der Waals surface area contributed by atoms with E-state index in [1.165, 1.54) is 18.5 Å². The third-order valence-corrected chi connectivity index (χ3v) is 2.63. The zero-order valence-corrected chi connectivity index (χ0v) is 7.83. The highest BCUT2D eigenvalue weighted by Crippen LogP contribution is 2.26. The lowest BCUT2D eigenvalue weighted by atomic mass is 10.4. The fourth-order valence-electron chi connectivity index (χ4n) is 1.56. The predicted molar refractivity (Wildman–Crippen MR) is 49.9 cm³/mol. The maximum Gasteiger partial charge on any atom is 0.0386 e. The molecule has 0 radical (unpaired) electrons. The first-order valence-electron chi connectivity index (χ1n) is 4.58. The second-order valence-electron chi connectivity index (χ2n) is 3.76. The number of hydrogen-bond acceptors (Lipinski definition) is 1. The van der Waals surface area contributed by atoms with Crippen molar-refractivity contribution < 1.29 is 0 Å². The van der Waals surface area contributed by atoms with Crippen LogP contribution in [0, 0.1) is 0 Å². The highest BCUT2D eigenvalue weighted by Gasteiger charge is 2.26. The number of rotatable bonds is 3. The van der Waals surface area contributed by atoms with Crippen molar-refractivity contribution in [3.05, 3.63) is 24.0 Å². The Kier molecular flexibility index (Phi) is 1.93. The summed E-state index contributed by atoms with van der Waals surface area (Å²) in [5.41, 5.74) is 1.41. The quantitative estimate of drug-likeness (QED) is 0.659. The molecule has 0 unspecified atom stereocenters. The lowest BCUT2D eigenvalue weighted by molar-refractivity contribution is 0.309. The van der Waals surface area contributed by atoms with E-state index in [4.69, 9.17) is 0 Å². The van der Waals surface area contributed by atoms with Gasteiger partial charge in [0.05, 0.1) is 0 Å². The summed E-state index contributed by atoms with van der Waals surface area (Å²) in [6.07, 6.45) is 4.89. The van der Waals surface area contributed by atoms with E-state index in [-0.39, 0.29) is 0 Å². The van der Waals surface area contributed by atoms with Crippen LogP contribution in [0.5, 0.6) is 0 Å². The molecule has 0 N–H and O–H groups in total. The van der Waals surface area contributed by atoms with Crippen molar-refractivity contribution in [2.75, 3.05) is 7.05 Å². The fourth-order valence-corrected chi connectivity index (χ4v) is 1.56. The number of hydrogen-bond donors (Lipinski definition) is 0. The van der Waals surface area contributed by atoms with Crippen molar-refractivity contribution in [1.29, 1.82) is 0 Å². The van der Waals surface area contributed by atoms with E-state index in [0.717, 1.165) is 12.6 Å². The minimum absolute atomic E-state index is 0.861. The maximum atomic E-state index is 2.44. The van der Waals surface area contributed by atoms with Crippen LogP contribution in [0.2, 0.25) is 0 Å². The average molecular weight is 164 g/mol. The Hall–Kier alpha value is -0.760. The molecule has 0 saturated heterocycles. The minimum Gasteiger partial charge on any atom is -0.353 e. The Morgan fingerprint density at radius 3 is 2.83 bits per heavy atom. The van der Waals surface area contributed by atoms with Gasteiger partial charge in [-0.15, -0.1) is 0 Å². The summed E-state index contributed by atoms with van der Waals surface area (Å²) in [5, 5.41) is 0. The molecule has 2 rings (SSSR count). The molecule has 1 fully saturated rings. The molecule has 0 amide bonds. The van der Waals surface area contributed by atoms with Crippen LogP contribution in [-0.4, -0.2) is 22.6 Å². The smallest absolute Gasteiger partial charge is 0.0386 e. The van der Waals surface area contributed by atoms with Gasteiger partial charge in [-0.1, -0.05) is 0 Å². The van der Waals surface area contributed by atoms with Gasteiger partial charge in [-0.3, -0.25) is 4.90 Å². The SMILES string of the molecule is CN(Cc1cccn1C)C1CC1. The topological polar surface area (TPSA) is 8.17 Å². The first-order chi connectivity index (χ1) is 5.77.